The molecular formula is C14H17NO. The number of ether oxygens (including phenoxy) is 1. The van der Waals surface area contributed by atoms with Crippen LogP contribution in [0.5, 0.6) is 0 Å². The quantitative estimate of drug-likeness (QED) is 0.722. The number of nitrogens with two attached hydrogens (primary N) is 1. The summed E-state index contributed by atoms with van der Waals surface area (Å²) in [6.07, 6.45) is 4.14. The number of hydrogen-bond acceptors (Lipinski definition) is 2. The minimum absolute atomic E-state index is 0.109. The summed E-state index contributed by atoms with van der Waals surface area (Å²) in [5.74, 6) is 1.64. The van der Waals surface area contributed by atoms with Gasteiger partial charge in [0.25, 0.3) is 0 Å². The monoisotopic (exact) mass is 215 g/mol. The van der Waals surface area contributed by atoms with Crippen molar-refractivity contribution in [3.63, 3.8) is 0 Å². The van der Waals surface area contributed by atoms with E-state index in [1.165, 1.54) is 30.4 Å². The minimum Gasteiger partial charge on any atom is -0.375 e. The SMILES string of the molecule is N[C@H]1COCc2ccc3c(c21)[C@H]1CC[C@@H]3C1. The van der Waals surface area contributed by atoms with E-state index in [2.05, 4.69) is 12.1 Å². The maximum Gasteiger partial charge on any atom is 0.0721 e. The Labute approximate surface area is 95.8 Å². The van der Waals surface area contributed by atoms with Crippen molar-refractivity contribution in [3.8, 4) is 0 Å². The second-order valence-electron chi connectivity index (χ2n) is 5.47. The Bertz CT molecular complexity index is 454. The van der Waals surface area contributed by atoms with Crippen LogP contribution >= 0.6 is 0 Å². The van der Waals surface area contributed by atoms with Crippen LogP contribution < -0.4 is 5.73 Å². The van der Waals surface area contributed by atoms with E-state index in [0.29, 0.717) is 6.61 Å². The summed E-state index contributed by atoms with van der Waals surface area (Å²) in [5, 5.41) is 0. The van der Waals surface area contributed by atoms with Gasteiger partial charge in [-0.1, -0.05) is 12.1 Å². The lowest BCUT2D eigenvalue weighted by molar-refractivity contribution is 0.0918. The molecule has 1 aromatic rings. The average Bonchev–Trinajstić information content (AvgIpc) is 2.89. The molecule has 1 heterocycles. The molecule has 2 N–H and O–H groups in total. The van der Waals surface area contributed by atoms with Crippen molar-refractivity contribution in [1.29, 1.82) is 0 Å². The van der Waals surface area contributed by atoms with Crippen molar-refractivity contribution < 1.29 is 4.74 Å². The van der Waals surface area contributed by atoms with Crippen LogP contribution in [0, 0.1) is 0 Å². The maximum absolute atomic E-state index is 6.23. The highest BCUT2D eigenvalue weighted by atomic mass is 16.5. The van der Waals surface area contributed by atoms with E-state index in [4.69, 9.17) is 10.5 Å². The minimum atomic E-state index is 0.109. The third-order valence-corrected chi connectivity index (χ3v) is 4.62. The zero-order valence-corrected chi connectivity index (χ0v) is 9.41. The molecule has 4 rings (SSSR count). The number of benzene rings is 1. The van der Waals surface area contributed by atoms with Crippen LogP contribution in [0.4, 0.5) is 0 Å². The van der Waals surface area contributed by atoms with Gasteiger partial charge in [0.2, 0.25) is 0 Å². The summed E-state index contributed by atoms with van der Waals surface area (Å²) in [4.78, 5) is 0. The molecule has 1 fully saturated rings. The van der Waals surface area contributed by atoms with E-state index >= 15 is 0 Å². The predicted octanol–water partition coefficient (Wildman–Crippen LogP) is 2.58. The molecule has 0 amide bonds. The molecule has 2 heteroatoms. The largest absolute Gasteiger partial charge is 0.375 e. The summed E-state index contributed by atoms with van der Waals surface area (Å²) in [7, 11) is 0. The molecule has 0 aromatic heterocycles. The summed E-state index contributed by atoms with van der Waals surface area (Å²) in [5.41, 5.74) is 12.2. The number of hydrogen-bond donors (Lipinski definition) is 1. The van der Waals surface area contributed by atoms with E-state index in [-0.39, 0.29) is 6.04 Å². The molecule has 84 valence electrons. The standard InChI is InChI=1S/C14H17NO/c15-12-7-16-6-10-3-4-11-8-1-2-9(5-8)13(11)14(10)12/h3-4,8-9,12H,1-2,5-7,15H2/t8-,9+,12+/m1/s1. The Morgan fingerprint density at radius 1 is 1.12 bits per heavy atom. The van der Waals surface area contributed by atoms with Crippen LogP contribution in [0.25, 0.3) is 0 Å². The number of rotatable bonds is 0. The van der Waals surface area contributed by atoms with Gasteiger partial charge in [0, 0.05) is 0 Å². The molecule has 3 atom stereocenters. The van der Waals surface area contributed by atoms with Crippen molar-refractivity contribution in [2.75, 3.05) is 6.61 Å². The molecule has 2 bridgehead atoms. The second-order valence-corrected chi connectivity index (χ2v) is 5.47. The molecule has 0 saturated heterocycles. The average molecular weight is 215 g/mol. The lowest BCUT2D eigenvalue weighted by Gasteiger charge is -2.29. The summed E-state index contributed by atoms with van der Waals surface area (Å²) >= 11 is 0. The molecule has 3 aliphatic rings. The third kappa shape index (κ3) is 1.04. The lowest BCUT2D eigenvalue weighted by atomic mass is 9.83. The zero-order valence-electron chi connectivity index (χ0n) is 9.41. The van der Waals surface area contributed by atoms with Gasteiger partial charge >= 0.3 is 0 Å². The molecule has 0 unspecified atom stereocenters. The highest BCUT2D eigenvalue weighted by molar-refractivity contribution is 5.51. The first-order valence-electron chi connectivity index (χ1n) is 6.33. The zero-order chi connectivity index (χ0) is 10.7. The van der Waals surface area contributed by atoms with E-state index in [9.17, 15) is 0 Å². The fourth-order valence-electron chi connectivity index (χ4n) is 3.98. The third-order valence-electron chi connectivity index (χ3n) is 4.62. The van der Waals surface area contributed by atoms with Gasteiger partial charge in [0.15, 0.2) is 0 Å². The van der Waals surface area contributed by atoms with Crippen LogP contribution in [0.3, 0.4) is 0 Å². The van der Waals surface area contributed by atoms with Gasteiger partial charge in [0.1, 0.15) is 0 Å². The first kappa shape index (κ1) is 9.20. The number of fused-ring (bicyclic) bond motifs is 7. The Balaban J connectivity index is 1.96. The second kappa shape index (κ2) is 3.08. The van der Waals surface area contributed by atoms with E-state index in [1.54, 1.807) is 11.1 Å². The molecule has 2 nitrogen and oxygen atoms in total. The van der Waals surface area contributed by atoms with E-state index in [1.807, 2.05) is 0 Å². The van der Waals surface area contributed by atoms with Gasteiger partial charge in [0.05, 0.1) is 19.3 Å². The molecule has 16 heavy (non-hydrogen) atoms. The van der Waals surface area contributed by atoms with Crippen LogP contribution in [0.15, 0.2) is 12.1 Å². The molecule has 2 aliphatic carbocycles. The predicted molar refractivity (Wildman–Crippen MR) is 62.4 cm³/mol. The first-order valence-corrected chi connectivity index (χ1v) is 6.33. The Morgan fingerprint density at radius 2 is 2.00 bits per heavy atom. The normalized spacial score (nSPS) is 34.9. The highest BCUT2D eigenvalue weighted by Gasteiger charge is 2.40. The summed E-state index contributed by atoms with van der Waals surface area (Å²) in [6, 6.07) is 4.69. The fraction of sp³-hybridized carbons (Fsp3) is 0.571. The van der Waals surface area contributed by atoms with Gasteiger partial charge in [-0.05, 0) is 53.4 Å². The molecule has 0 spiro atoms. The molecule has 0 radical (unpaired) electrons. The van der Waals surface area contributed by atoms with Gasteiger partial charge in [-0.3, -0.25) is 0 Å². The molecule has 1 aromatic carbocycles. The fourth-order valence-corrected chi connectivity index (χ4v) is 3.98. The van der Waals surface area contributed by atoms with Crippen LogP contribution in [-0.4, -0.2) is 6.61 Å². The van der Waals surface area contributed by atoms with Crippen molar-refractivity contribution >= 4 is 0 Å². The van der Waals surface area contributed by atoms with Gasteiger partial charge in [-0.2, -0.15) is 0 Å². The lowest BCUT2D eigenvalue weighted by Crippen LogP contribution is -2.26. The molecular weight excluding hydrogens is 198 g/mol. The summed E-state index contributed by atoms with van der Waals surface area (Å²) in [6.45, 7) is 1.45. The topological polar surface area (TPSA) is 35.2 Å². The van der Waals surface area contributed by atoms with Crippen LogP contribution in [-0.2, 0) is 11.3 Å². The molecule has 1 aliphatic heterocycles. The van der Waals surface area contributed by atoms with Crippen molar-refractivity contribution in [3.05, 3.63) is 34.4 Å². The van der Waals surface area contributed by atoms with Crippen molar-refractivity contribution in [2.45, 2.75) is 43.7 Å². The van der Waals surface area contributed by atoms with E-state index < -0.39 is 0 Å². The Kier molecular flexibility index (Phi) is 1.77. The Hall–Kier alpha value is -0.860. The van der Waals surface area contributed by atoms with Crippen molar-refractivity contribution in [2.24, 2.45) is 5.73 Å². The van der Waals surface area contributed by atoms with Gasteiger partial charge in [-0.15, -0.1) is 0 Å². The van der Waals surface area contributed by atoms with Crippen LogP contribution in [0.2, 0.25) is 0 Å². The smallest absolute Gasteiger partial charge is 0.0721 e. The van der Waals surface area contributed by atoms with E-state index in [0.717, 1.165) is 18.4 Å². The van der Waals surface area contributed by atoms with Crippen molar-refractivity contribution in [1.82, 2.24) is 0 Å². The highest BCUT2D eigenvalue weighted by Crippen LogP contribution is 2.55. The summed E-state index contributed by atoms with van der Waals surface area (Å²) < 4.78 is 5.52. The van der Waals surface area contributed by atoms with Crippen LogP contribution in [0.1, 0.15) is 59.4 Å². The van der Waals surface area contributed by atoms with Gasteiger partial charge < -0.3 is 10.5 Å². The first-order chi connectivity index (χ1) is 7.84. The Morgan fingerprint density at radius 3 is 2.94 bits per heavy atom. The van der Waals surface area contributed by atoms with Gasteiger partial charge in [-0.25, -0.2) is 0 Å². The maximum atomic E-state index is 6.23. The molecule has 1 saturated carbocycles.